The molecule has 0 bridgehead atoms. The minimum atomic E-state index is -0.231. The summed E-state index contributed by atoms with van der Waals surface area (Å²) in [5.41, 5.74) is 0.652. The highest BCUT2D eigenvalue weighted by molar-refractivity contribution is 6.30. The Bertz CT molecular complexity index is 504. The van der Waals surface area contributed by atoms with E-state index in [0.717, 1.165) is 19.5 Å². The summed E-state index contributed by atoms with van der Waals surface area (Å²) in [5, 5.41) is 10.3. The van der Waals surface area contributed by atoms with Crippen LogP contribution in [-0.4, -0.2) is 59.6 Å². The van der Waals surface area contributed by atoms with Gasteiger partial charge in [-0.2, -0.15) is 0 Å². The number of aliphatic hydroxyl groups is 1. The molecule has 1 aromatic rings. The number of nitrogens with zero attached hydrogens (tertiary/aromatic N) is 2. The molecule has 1 amide bonds. The zero-order valence-electron chi connectivity index (χ0n) is 13.5. The number of amides is 1. The number of rotatable bonds is 5. The number of β-amino-alcohol motifs (C(OH)–C–C–N with tert-alkyl or cyclic N) is 1. The van der Waals surface area contributed by atoms with E-state index in [4.69, 9.17) is 11.6 Å². The number of hydrogen-bond donors (Lipinski definition) is 1. The van der Waals surface area contributed by atoms with E-state index < -0.39 is 0 Å². The summed E-state index contributed by atoms with van der Waals surface area (Å²) in [6.07, 6.45) is 0.588. The number of benzene rings is 1. The molecule has 4 nitrogen and oxygen atoms in total. The van der Waals surface area contributed by atoms with Crippen LogP contribution < -0.4 is 0 Å². The normalized spacial score (nSPS) is 20.4. The maximum Gasteiger partial charge on any atom is 0.253 e. The molecule has 1 aromatic carbocycles. The number of likely N-dealkylation sites (tertiary alicyclic amines) is 1. The van der Waals surface area contributed by atoms with Crippen molar-refractivity contribution in [2.45, 2.75) is 32.4 Å². The van der Waals surface area contributed by atoms with Crippen LogP contribution in [0.5, 0.6) is 0 Å². The third kappa shape index (κ3) is 4.22. The average Bonchev–Trinajstić information content (AvgIpc) is 2.89. The molecule has 1 heterocycles. The number of carbonyl (C=O) groups excluding carboxylic acids is 1. The van der Waals surface area contributed by atoms with E-state index >= 15 is 0 Å². The standard InChI is InChI=1S/C17H25ClN2O2/c1-12(2)16(11-20-9-8-15(21)10-20)19(3)17(22)13-4-6-14(18)7-5-13/h4-7,12,15-16,21H,8-11H2,1-3H3/t15-,16-/m1/s1. The summed E-state index contributed by atoms with van der Waals surface area (Å²) in [4.78, 5) is 16.7. The lowest BCUT2D eigenvalue weighted by Crippen LogP contribution is -2.47. The van der Waals surface area contributed by atoms with Crippen molar-refractivity contribution in [3.8, 4) is 0 Å². The van der Waals surface area contributed by atoms with Gasteiger partial charge in [-0.3, -0.25) is 9.69 Å². The van der Waals surface area contributed by atoms with Gasteiger partial charge in [-0.1, -0.05) is 25.4 Å². The van der Waals surface area contributed by atoms with Gasteiger partial charge in [0.1, 0.15) is 0 Å². The van der Waals surface area contributed by atoms with Crippen molar-refractivity contribution in [1.29, 1.82) is 0 Å². The van der Waals surface area contributed by atoms with E-state index in [-0.39, 0.29) is 18.1 Å². The molecule has 2 rings (SSSR count). The van der Waals surface area contributed by atoms with Crippen molar-refractivity contribution >= 4 is 17.5 Å². The SMILES string of the molecule is CC(C)[C@@H](CN1CC[C@@H](O)C1)N(C)C(=O)c1ccc(Cl)cc1. The Labute approximate surface area is 137 Å². The van der Waals surface area contributed by atoms with E-state index in [1.165, 1.54) is 0 Å². The fourth-order valence-corrected chi connectivity index (χ4v) is 3.10. The van der Waals surface area contributed by atoms with Gasteiger partial charge < -0.3 is 10.0 Å². The monoisotopic (exact) mass is 324 g/mol. The van der Waals surface area contributed by atoms with E-state index in [1.807, 2.05) is 11.9 Å². The quantitative estimate of drug-likeness (QED) is 0.905. The number of aliphatic hydroxyl groups excluding tert-OH is 1. The van der Waals surface area contributed by atoms with Crippen molar-refractivity contribution in [3.63, 3.8) is 0 Å². The first-order chi connectivity index (χ1) is 10.4. The lowest BCUT2D eigenvalue weighted by molar-refractivity contribution is 0.0633. The summed E-state index contributed by atoms with van der Waals surface area (Å²) in [6.45, 7) is 6.65. The Morgan fingerprint density at radius 3 is 2.55 bits per heavy atom. The van der Waals surface area contributed by atoms with Crippen LogP contribution in [-0.2, 0) is 0 Å². The van der Waals surface area contributed by atoms with Gasteiger partial charge in [0, 0.05) is 43.3 Å². The van der Waals surface area contributed by atoms with Gasteiger partial charge in [0.05, 0.1) is 6.10 Å². The summed E-state index contributed by atoms with van der Waals surface area (Å²) >= 11 is 5.88. The summed E-state index contributed by atoms with van der Waals surface area (Å²) in [5.74, 6) is 0.356. The topological polar surface area (TPSA) is 43.8 Å². The molecule has 22 heavy (non-hydrogen) atoms. The minimum Gasteiger partial charge on any atom is -0.392 e. The van der Waals surface area contributed by atoms with Gasteiger partial charge in [-0.15, -0.1) is 0 Å². The Balaban J connectivity index is 2.06. The maximum atomic E-state index is 12.7. The van der Waals surface area contributed by atoms with Crippen molar-refractivity contribution in [2.24, 2.45) is 5.92 Å². The Morgan fingerprint density at radius 2 is 2.05 bits per heavy atom. The second-order valence-corrected chi connectivity index (χ2v) is 6.87. The largest absolute Gasteiger partial charge is 0.392 e. The van der Waals surface area contributed by atoms with Crippen LogP contribution >= 0.6 is 11.6 Å². The fraction of sp³-hybridized carbons (Fsp3) is 0.588. The summed E-state index contributed by atoms with van der Waals surface area (Å²) in [6, 6.07) is 7.12. The van der Waals surface area contributed by atoms with Gasteiger partial charge in [0.2, 0.25) is 0 Å². The highest BCUT2D eigenvalue weighted by Crippen LogP contribution is 2.18. The Morgan fingerprint density at radius 1 is 1.41 bits per heavy atom. The first-order valence-electron chi connectivity index (χ1n) is 7.81. The van der Waals surface area contributed by atoms with Gasteiger partial charge in [-0.25, -0.2) is 0 Å². The van der Waals surface area contributed by atoms with Crippen molar-refractivity contribution < 1.29 is 9.90 Å². The molecule has 0 radical (unpaired) electrons. The van der Waals surface area contributed by atoms with E-state index in [1.54, 1.807) is 24.3 Å². The van der Waals surface area contributed by atoms with Crippen LogP contribution in [0.3, 0.4) is 0 Å². The molecule has 1 fully saturated rings. The minimum absolute atomic E-state index is 0.00936. The number of halogens is 1. The molecular formula is C17H25ClN2O2. The maximum absolute atomic E-state index is 12.7. The van der Waals surface area contributed by atoms with Crippen molar-refractivity contribution in [3.05, 3.63) is 34.9 Å². The number of carbonyl (C=O) groups is 1. The fourth-order valence-electron chi connectivity index (χ4n) is 2.97. The molecule has 0 aromatic heterocycles. The van der Waals surface area contributed by atoms with Crippen LogP contribution in [0.15, 0.2) is 24.3 Å². The van der Waals surface area contributed by atoms with Crippen LogP contribution in [0.25, 0.3) is 0 Å². The molecule has 122 valence electrons. The molecule has 5 heteroatoms. The second-order valence-electron chi connectivity index (χ2n) is 6.44. The van der Waals surface area contributed by atoms with Gasteiger partial charge in [0.25, 0.3) is 5.91 Å². The van der Waals surface area contributed by atoms with Gasteiger partial charge in [-0.05, 0) is 36.6 Å². The molecule has 1 aliphatic heterocycles. The third-order valence-corrected chi connectivity index (χ3v) is 4.62. The first kappa shape index (κ1) is 17.3. The van der Waals surface area contributed by atoms with E-state index in [0.29, 0.717) is 23.0 Å². The highest BCUT2D eigenvalue weighted by Gasteiger charge is 2.29. The average molecular weight is 325 g/mol. The van der Waals surface area contributed by atoms with Gasteiger partial charge >= 0.3 is 0 Å². The van der Waals surface area contributed by atoms with Crippen LogP contribution in [0.1, 0.15) is 30.6 Å². The summed E-state index contributed by atoms with van der Waals surface area (Å²) < 4.78 is 0. The molecule has 0 aliphatic carbocycles. The molecule has 1 N–H and O–H groups in total. The first-order valence-corrected chi connectivity index (χ1v) is 8.19. The van der Waals surface area contributed by atoms with Crippen LogP contribution in [0.2, 0.25) is 5.02 Å². The van der Waals surface area contributed by atoms with Crippen molar-refractivity contribution in [1.82, 2.24) is 9.80 Å². The third-order valence-electron chi connectivity index (χ3n) is 4.37. The van der Waals surface area contributed by atoms with E-state index in [9.17, 15) is 9.90 Å². The van der Waals surface area contributed by atoms with Crippen molar-refractivity contribution in [2.75, 3.05) is 26.7 Å². The van der Waals surface area contributed by atoms with Gasteiger partial charge in [0.15, 0.2) is 0 Å². The zero-order valence-corrected chi connectivity index (χ0v) is 14.3. The van der Waals surface area contributed by atoms with Crippen LogP contribution in [0.4, 0.5) is 0 Å². The van der Waals surface area contributed by atoms with E-state index in [2.05, 4.69) is 18.7 Å². The summed E-state index contributed by atoms with van der Waals surface area (Å²) in [7, 11) is 1.86. The zero-order chi connectivity index (χ0) is 16.3. The van der Waals surface area contributed by atoms with Crippen LogP contribution in [0, 0.1) is 5.92 Å². The second kappa shape index (κ2) is 7.44. The lowest BCUT2D eigenvalue weighted by Gasteiger charge is -2.34. The number of likely N-dealkylation sites (N-methyl/N-ethyl adjacent to an activating group) is 1. The molecule has 1 aliphatic rings. The molecule has 2 atom stereocenters. The lowest BCUT2D eigenvalue weighted by atomic mass is 10.0. The highest BCUT2D eigenvalue weighted by atomic mass is 35.5. The number of hydrogen-bond acceptors (Lipinski definition) is 3. The Hall–Kier alpha value is -1.10. The molecular weight excluding hydrogens is 300 g/mol. The predicted molar refractivity (Wildman–Crippen MR) is 89.2 cm³/mol. The molecule has 0 spiro atoms. The smallest absolute Gasteiger partial charge is 0.253 e. The predicted octanol–water partition coefficient (Wildman–Crippen LogP) is 2.50. The Kier molecular flexibility index (Phi) is 5.84. The molecule has 0 saturated carbocycles. The molecule has 1 saturated heterocycles. The molecule has 0 unspecified atom stereocenters.